The van der Waals surface area contributed by atoms with Gasteiger partial charge in [-0.15, -0.1) is 10.2 Å². The van der Waals surface area contributed by atoms with Crippen LogP contribution in [0.1, 0.15) is 28.9 Å². The fourth-order valence-corrected chi connectivity index (χ4v) is 4.06. The van der Waals surface area contributed by atoms with Crippen molar-refractivity contribution in [3.63, 3.8) is 0 Å². The lowest BCUT2D eigenvalue weighted by molar-refractivity contribution is -0.113. The third-order valence-corrected chi connectivity index (χ3v) is 6.00. The van der Waals surface area contributed by atoms with Crippen molar-refractivity contribution in [1.82, 2.24) is 20.1 Å². The van der Waals surface area contributed by atoms with E-state index in [2.05, 4.69) is 20.8 Å². The van der Waals surface area contributed by atoms with Gasteiger partial charge in [-0.25, -0.2) is 4.39 Å². The second kappa shape index (κ2) is 10.8. The van der Waals surface area contributed by atoms with Gasteiger partial charge in [0.2, 0.25) is 5.91 Å². The second-order valence-corrected chi connectivity index (χ2v) is 8.37. The molecule has 172 valence electrons. The van der Waals surface area contributed by atoms with E-state index < -0.39 is 5.82 Å². The quantitative estimate of drug-likeness (QED) is 0.363. The lowest BCUT2D eigenvalue weighted by Gasteiger charge is -2.16. The Kier molecular flexibility index (Phi) is 7.34. The average molecular weight is 476 g/mol. The minimum Gasteiger partial charge on any atom is -0.345 e. The van der Waals surface area contributed by atoms with E-state index in [4.69, 9.17) is 0 Å². The first kappa shape index (κ1) is 23.2. The maximum Gasteiger partial charge on any atom is 0.253 e. The number of hydrogen-bond acceptors (Lipinski definition) is 5. The minimum absolute atomic E-state index is 0.00349. The summed E-state index contributed by atoms with van der Waals surface area (Å²) in [5.41, 5.74) is 2.04. The first-order valence-electron chi connectivity index (χ1n) is 10.6. The summed E-state index contributed by atoms with van der Waals surface area (Å²) in [5, 5.41) is 13.9. The van der Waals surface area contributed by atoms with Crippen molar-refractivity contribution in [3.05, 3.63) is 102 Å². The molecule has 0 bridgehead atoms. The van der Waals surface area contributed by atoms with Gasteiger partial charge < -0.3 is 10.6 Å². The first-order chi connectivity index (χ1) is 16.5. The van der Waals surface area contributed by atoms with Crippen molar-refractivity contribution >= 4 is 29.3 Å². The Labute approximate surface area is 200 Å². The highest BCUT2D eigenvalue weighted by atomic mass is 32.2. The van der Waals surface area contributed by atoms with Crippen LogP contribution in [0.15, 0.2) is 90.3 Å². The van der Waals surface area contributed by atoms with Crippen LogP contribution >= 0.6 is 11.8 Å². The molecular weight excluding hydrogens is 453 g/mol. The van der Waals surface area contributed by atoms with Crippen LogP contribution in [-0.4, -0.2) is 32.3 Å². The van der Waals surface area contributed by atoms with E-state index in [0.29, 0.717) is 22.1 Å². The van der Waals surface area contributed by atoms with Gasteiger partial charge in [0, 0.05) is 0 Å². The van der Waals surface area contributed by atoms with E-state index in [1.165, 1.54) is 17.0 Å². The van der Waals surface area contributed by atoms with Gasteiger partial charge in [0.15, 0.2) is 5.16 Å². The van der Waals surface area contributed by atoms with E-state index in [0.717, 1.165) is 17.3 Å². The van der Waals surface area contributed by atoms with Crippen LogP contribution in [0.2, 0.25) is 0 Å². The Morgan fingerprint density at radius 2 is 1.71 bits per heavy atom. The number of aromatic nitrogens is 3. The second-order valence-electron chi connectivity index (χ2n) is 7.42. The third-order valence-electron chi connectivity index (χ3n) is 5.05. The fourth-order valence-electron chi connectivity index (χ4n) is 3.34. The van der Waals surface area contributed by atoms with E-state index in [-0.39, 0.29) is 23.6 Å². The highest BCUT2D eigenvalue weighted by Gasteiger charge is 2.17. The smallest absolute Gasteiger partial charge is 0.253 e. The summed E-state index contributed by atoms with van der Waals surface area (Å²) in [7, 11) is 0. The molecule has 0 radical (unpaired) electrons. The molecule has 2 amide bonds. The average Bonchev–Trinajstić information content (AvgIpc) is 3.32. The number of hydrogen-bond donors (Lipinski definition) is 2. The van der Waals surface area contributed by atoms with Crippen molar-refractivity contribution in [1.29, 1.82) is 0 Å². The molecule has 1 atom stereocenters. The topological polar surface area (TPSA) is 88.9 Å². The van der Waals surface area contributed by atoms with E-state index in [1.54, 1.807) is 42.5 Å². The summed E-state index contributed by atoms with van der Waals surface area (Å²) >= 11 is 1.12. The number of rotatable bonds is 8. The standard InChI is InChI=1S/C25H22FN5O2S/c1-17(18-9-3-2-4-10-18)28-24(33)19-11-5-7-13-21(19)29-23(32)15-34-25-30-27-16-31(25)22-14-8-6-12-20(22)26/h2-14,16-17H,15H2,1H3,(H,28,33)(H,29,32)/t17-/m0/s1. The molecule has 7 nitrogen and oxygen atoms in total. The number of amides is 2. The Bertz CT molecular complexity index is 1300. The molecule has 34 heavy (non-hydrogen) atoms. The van der Waals surface area contributed by atoms with Gasteiger partial charge in [0.05, 0.1) is 28.7 Å². The molecule has 0 aliphatic carbocycles. The van der Waals surface area contributed by atoms with Gasteiger partial charge in [-0.3, -0.25) is 14.2 Å². The number of anilines is 1. The van der Waals surface area contributed by atoms with Gasteiger partial charge in [0.1, 0.15) is 12.1 Å². The fraction of sp³-hybridized carbons (Fsp3) is 0.120. The third kappa shape index (κ3) is 5.49. The molecule has 1 heterocycles. The molecule has 4 aromatic rings. The maximum absolute atomic E-state index is 14.1. The van der Waals surface area contributed by atoms with Crippen LogP contribution in [0.3, 0.4) is 0 Å². The zero-order chi connectivity index (χ0) is 23.9. The van der Waals surface area contributed by atoms with E-state index in [1.807, 2.05) is 37.3 Å². The number of carbonyl (C=O) groups is 2. The first-order valence-corrected chi connectivity index (χ1v) is 11.5. The Hall–Kier alpha value is -3.98. The Morgan fingerprint density at radius 1 is 1.00 bits per heavy atom. The predicted molar refractivity (Wildman–Crippen MR) is 129 cm³/mol. The number of nitrogens with zero attached hydrogens (tertiary/aromatic N) is 3. The lowest BCUT2D eigenvalue weighted by Crippen LogP contribution is -2.28. The number of nitrogens with one attached hydrogen (secondary N) is 2. The summed E-state index contributed by atoms with van der Waals surface area (Å²) in [4.78, 5) is 25.5. The maximum atomic E-state index is 14.1. The molecule has 0 unspecified atom stereocenters. The van der Waals surface area contributed by atoms with Crippen molar-refractivity contribution < 1.29 is 14.0 Å². The van der Waals surface area contributed by atoms with Gasteiger partial charge in [-0.2, -0.15) is 0 Å². The molecule has 1 aromatic heterocycles. The Morgan fingerprint density at radius 3 is 2.50 bits per heavy atom. The molecule has 3 aromatic carbocycles. The predicted octanol–water partition coefficient (Wildman–Crippen LogP) is 4.63. The van der Waals surface area contributed by atoms with Crippen LogP contribution in [0, 0.1) is 5.82 Å². The summed E-state index contributed by atoms with van der Waals surface area (Å²) < 4.78 is 15.6. The summed E-state index contributed by atoms with van der Waals surface area (Å²) in [6.07, 6.45) is 1.40. The minimum atomic E-state index is -0.418. The molecule has 0 aliphatic heterocycles. The summed E-state index contributed by atoms with van der Waals surface area (Å²) in [6.45, 7) is 1.90. The van der Waals surface area contributed by atoms with Gasteiger partial charge >= 0.3 is 0 Å². The molecule has 2 N–H and O–H groups in total. The Balaban J connectivity index is 1.41. The molecular formula is C25H22FN5O2S. The van der Waals surface area contributed by atoms with Crippen LogP contribution in [0.4, 0.5) is 10.1 Å². The van der Waals surface area contributed by atoms with Crippen LogP contribution in [0.5, 0.6) is 0 Å². The van der Waals surface area contributed by atoms with Gasteiger partial charge in [-0.1, -0.05) is 66.4 Å². The van der Waals surface area contributed by atoms with Crippen LogP contribution in [-0.2, 0) is 4.79 Å². The molecule has 9 heteroatoms. The van der Waals surface area contributed by atoms with Crippen LogP contribution < -0.4 is 10.6 Å². The van der Waals surface area contributed by atoms with Gasteiger partial charge in [-0.05, 0) is 36.8 Å². The molecule has 0 aliphatic rings. The zero-order valence-electron chi connectivity index (χ0n) is 18.3. The zero-order valence-corrected chi connectivity index (χ0v) is 19.1. The van der Waals surface area contributed by atoms with E-state index in [9.17, 15) is 14.0 Å². The number of para-hydroxylation sites is 2. The monoisotopic (exact) mass is 475 g/mol. The van der Waals surface area contributed by atoms with Crippen molar-refractivity contribution in [3.8, 4) is 5.69 Å². The van der Waals surface area contributed by atoms with Crippen molar-refractivity contribution in [2.24, 2.45) is 0 Å². The molecule has 4 rings (SSSR count). The highest BCUT2D eigenvalue weighted by Crippen LogP contribution is 2.23. The lowest BCUT2D eigenvalue weighted by atomic mass is 10.1. The number of thioether (sulfide) groups is 1. The SMILES string of the molecule is C[C@H](NC(=O)c1ccccc1NC(=O)CSc1nncn1-c1ccccc1F)c1ccccc1. The molecule has 0 saturated carbocycles. The number of carbonyl (C=O) groups excluding carboxylic acids is 2. The van der Waals surface area contributed by atoms with Crippen molar-refractivity contribution in [2.75, 3.05) is 11.1 Å². The van der Waals surface area contributed by atoms with Gasteiger partial charge in [0.25, 0.3) is 5.91 Å². The molecule has 0 fully saturated rings. The normalized spacial score (nSPS) is 11.6. The van der Waals surface area contributed by atoms with E-state index >= 15 is 0 Å². The number of benzene rings is 3. The van der Waals surface area contributed by atoms with Crippen LogP contribution in [0.25, 0.3) is 5.69 Å². The van der Waals surface area contributed by atoms with Crippen molar-refractivity contribution in [2.45, 2.75) is 18.1 Å². The molecule has 0 saturated heterocycles. The highest BCUT2D eigenvalue weighted by molar-refractivity contribution is 7.99. The largest absolute Gasteiger partial charge is 0.345 e. The molecule has 0 spiro atoms. The summed E-state index contributed by atoms with van der Waals surface area (Å²) in [6, 6.07) is 22.5. The number of halogens is 1. The summed E-state index contributed by atoms with van der Waals surface area (Å²) in [5.74, 6) is -1.04.